The molecule has 0 amide bonds. The van der Waals surface area contributed by atoms with E-state index in [4.69, 9.17) is 25.5 Å². The number of carboxylic acid groups (broad SMARTS) is 1. The number of aliphatic hydroxyl groups is 7. The van der Waals surface area contributed by atoms with Crippen molar-refractivity contribution in [3.05, 3.63) is 0 Å². The molecule has 0 aromatic rings. The molecule has 0 saturated carbocycles. The fourth-order valence-electron chi connectivity index (χ4n) is 1.36. The Kier molecular flexibility index (Phi) is 6.63. The van der Waals surface area contributed by atoms with Gasteiger partial charge in [-0.05, 0) is 0 Å². The molecule has 0 radical (unpaired) electrons. The number of aliphatic carboxylic acids is 1. The maximum atomic E-state index is 10.9. The van der Waals surface area contributed by atoms with Gasteiger partial charge in [-0.25, -0.2) is 4.79 Å². The van der Waals surface area contributed by atoms with Crippen LogP contribution in [0.2, 0.25) is 0 Å². The zero-order valence-corrected chi connectivity index (χ0v) is 9.42. The van der Waals surface area contributed by atoms with Crippen molar-refractivity contribution in [1.29, 1.82) is 0 Å². The third-order valence-corrected chi connectivity index (χ3v) is 2.52. The third kappa shape index (κ3) is 3.85. The average Bonchev–Trinajstić information content (AvgIpc) is 2.35. The third-order valence-electron chi connectivity index (χ3n) is 2.52. The van der Waals surface area contributed by atoms with Gasteiger partial charge in [0, 0.05) is 6.42 Å². The predicted octanol–water partition coefficient (Wildman–Crippen LogP) is -4.38. The van der Waals surface area contributed by atoms with Crippen LogP contribution in [-0.2, 0) is 4.79 Å². The van der Waals surface area contributed by atoms with Gasteiger partial charge in [-0.1, -0.05) is 0 Å². The summed E-state index contributed by atoms with van der Waals surface area (Å²) in [6.45, 7) is -1.82. The summed E-state index contributed by atoms with van der Waals surface area (Å²) in [7, 11) is 0. The molecule has 0 aliphatic heterocycles. The summed E-state index contributed by atoms with van der Waals surface area (Å²) in [6.07, 6.45) is -8.97. The van der Waals surface area contributed by atoms with E-state index in [2.05, 4.69) is 0 Å². The maximum absolute atomic E-state index is 10.9. The van der Waals surface area contributed by atoms with Gasteiger partial charge in [0.15, 0.2) is 5.60 Å². The molecule has 0 rings (SSSR count). The van der Waals surface area contributed by atoms with Crippen LogP contribution in [0.4, 0.5) is 0 Å². The molecule has 0 fully saturated rings. The van der Waals surface area contributed by atoms with Crippen molar-refractivity contribution in [2.75, 3.05) is 13.2 Å². The SMILES string of the molecule is O=C(O)[C@@](O)(CC(O)CO)[C@H](O)[C@@H](O)[C@H](O)CO. The van der Waals surface area contributed by atoms with Crippen LogP contribution in [0.1, 0.15) is 6.42 Å². The Bertz CT molecular complexity index is 271. The molecule has 9 nitrogen and oxygen atoms in total. The van der Waals surface area contributed by atoms with Crippen molar-refractivity contribution in [3.63, 3.8) is 0 Å². The van der Waals surface area contributed by atoms with E-state index in [1.807, 2.05) is 0 Å². The van der Waals surface area contributed by atoms with Crippen molar-refractivity contribution in [2.45, 2.75) is 36.4 Å². The standard InChI is InChI=1S/C9H18O9/c10-2-4(12)1-9(18,8(16)17)7(15)6(14)5(13)3-11/h4-7,10-15,18H,1-3H2,(H,16,17)/t4?,5-,6+,7-,9-/m1/s1. The van der Waals surface area contributed by atoms with Gasteiger partial charge in [-0.3, -0.25) is 0 Å². The summed E-state index contributed by atoms with van der Waals surface area (Å²) in [6, 6.07) is 0. The number of hydrogen-bond acceptors (Lipinski definition) is 8. The van der Waals surface area contributed by atoms with E-state index in [-0.39, 0.29) is 0 Å². The number of rotatable bonds is 8. The molecule has 18 heavy (non-hydrogen) atoms. The van der Waals surface area contributed by atoms with Gasteiger partial charge in [-0.2, -0.15) is 0 Å². The maximum Gasteiger partial charge on any atom is 0.338 e. The quantitative estimate of drug-likeness (QED) is 0.216. The first-order valence-electron chi connectivity index (χ1n) is 5.10. The van der Waals surface area contributed by atoms with Gasteiger partial charge < -0.3 is 40.9 Å². The first-order chi connectivity index (χ1) is 8.20. The Morgan fingerprint density at radius 1 is 1.06 bits per heavy atom. The van der Waals surface area contributed by atoms with E-state index in [1.165, 1.54) is 0 Å². The number of hydrogen-bond donors (Lipinski definition) is 8. The zero-order chi connectivity index (χ0) is 14.5. The molecule has 0 heterocycles. The zero-order valence-electron chi connectivity index (χ0n) is 9.42. The van der Waals surface area contributed by atoms with Crippen LogP contribution in [0, 0.1) is 0 Å². The lowest BCUT2D eigenvalue weighted by molar-refractivity contribution is -0.197. The second-order valence-electron chi connectivity index (χ2n) is 3.96. The molecular weight excluding hydrogens is 252 g/mol. The highest BCUT2D eigenvalue weighted by molar-refractivity contribution is 5.78. The highest BCUT2D eigenvalue weighted by atomic mass is 16.4. The normalized spacial score (nSPS) is 21.7. The number of carboxylic acids is 1. The van der Waals surface area contributed by atoms with Crippen molar-refractivity contribution < 1.29 is 45.6 Å². The lowest BCUT2D eigenvalue weighted by atomic mass is 9.85. The number of carbonyl (C=O) groups is 1. The predicted molar refractivity (Wildman–Crippen MR) is 55.4 cm³/mol. The van der Waals surface area contributed by atoms with Gasteiger partial charge in [0.2, 0.25) is 0 Å². The van der Waals surface area contributed by atoms with Crippen molar-refractivity contribution in [3.8, 4) is 0 Å². The van der Waals surface area contributed by atoms with Crippen LogP contribution in [0.5, 0.6) is 0 Å². The monoisotopic (exact) mass is 270 g/mol. The molecule has 0 aromatic carbocycles. The Morgan fingerprint density at radius 3 is 1.89 bits per heavy atom. The minimum absolute atomic E-state index is 0.860. The highest BCUT2D eigenvalue weighted by Gasteiger charge is 2.49. The van der Waals surface area contributed by atoms with Gasteiger partial charge in [-0.15, -0.1) is 0 Å². The van der Waals surface area contributed by atoms with Gasteiger partial charge in [0.1, 0.15) is 18.3 Å². The summed E-state index contributed by atoms with van der Waals surface area (Å²) in [5.74, 6) is -1.95. The summed E-state index contributed by atoms with van der Waals surface area (Å²) in [5, 5.41) is 72.6. The van der Waals surface area contributed by atoms with Gasteiger partial charge in [0.05, 0.1) is 19.3 Å². The Morgan fingerprint density at radius 2 is 1.56 bits per heavy atom. The molecule has 9 heteroatoms. The molecule has 0 aliphatic carbocycles. The molecule has 108 valence electrons. The molecule has 5 atom stereocenters. The van der Waals surface area contributed by atoms with Crippen molar-refractivity contribution >= 4 is 5.97 Å². The van der Waals surface area contributed by atoms with Gasteiger partial charge in [0.25, 0.3) is 0 Å². The summed E-state index contributed by atoms with van der Waals surface area (Å²) in [5.41, 5.74) is -2.97. The summed E-state index contributed by atoms with van der Waals surface area (Å²) >= 11 is 0. The molecule has 0 aliphatic rings. The Labute approximate surface area is 102 Å². The molecule has 0 spiro atoms. The molecule has 0 bridgehead atoms. The van der Waals surface area contributed by atoms with Crippen LogP contribution in [-0.4, -0.2) is 90.1 Å². The fourth-order valence-corrected chi connectivity index (χ4v) is 1.36. The van der Waals surface area contributed by atoms with Crippen molar-refractivity contribution in [1.82, 2.24) is 0 Å². The van der Waals surface area contributed by atoms with Crippen LogP contribution in [0.3, 0.4) is 0 Å². The van der Waals surface area contributed by atoms with E-state index in [1.54, 1.807) is 0 Å². The lowest BCUT2D eigenvalue weighted by Crippen LogP contribution is -2.59. The lowest BCUT2D eigenvalue weighted by Gasteiger charge is -2.34. The van der Waals surface area contributed by atoms with E-state index in [0.717, 1.165) is 0 Å². The number of aliphatic hydroxyl groups excluding tert-OH is 6. The largest absolute Gasteiger partial charge is 0.479 e. The van der Waals surface area contributed by atoms with Crippen LogP contribution in [0.25, 0.3) is 0 Å². The molecule has 8 N–H and O–H groups in total. The summed E-state index contributed by atoms with van der Waals surface area (Å²) in [4.78, 5) is 10.9. The minimum Gasteiger partial charge on any atom is -0.479 e. The average molecular weight is 270 g/mol. The van der Waals surface area contributed by atoms with E-state index >= 15 is 0 Å². The first-order valence-corrected chi connectivity index (χ1v) is 5.10. The fraction of sp³-hybridized carbons (Fsp3) is 0.889. The van der Waals surface area contributed by atoms with Crippen molar-refractivity contribution in [2.24, 2.45) is 0 Å². The first kappa shape index (κ1) is 17.2. The molecule has 0 aromatic heterocycles. The Hall–Kier alpha value is -0.810. The van der Waals surface area contributed by atoms with E-state index < -0.39 is 55.6 Å². The summed E-state index contributed by atoms with van der Waals surface area (Å²) < 4.78 is 0. The van der Waals surface area contributed by atoms with E-state index in [0.29, 0.717) is 0 Å². The Balaban J connectivity index is 5.03. The van der Waals surface area contributed by atoms with Crippen LogP contribution >= 0.6 is 0 Å². The second kappa shape index (κ2) is 6.95. The van der Waals surface area contributed by atoms with Gasteiger partial charge >= 0.3 is 5.97 Å². The smallest absolute Gasteiger partial charge is 0.338 e. The van der Waals surface area contributed by atoms with Crippen LogP contribution in [0.15, 0.2) is 0 Å². The highest BCUT2D eigenvalue weighted by Crippen LogP contribution is 2.22. The topological polar surface area (TPSA) is 179 Å². The molecule has 1 unspecified atom stereocenters. The van der Waals surface area contributed by atoms with E-state index in [9.17, 15) is 20.1 Å². The molecular formula is C9H18O9. The minimum atomic E-state index is -2.97. The van der Waals surface area contributed by atoms with Crippen LogP contribution < -0.4 is 0 Å². The second-order valence-corrected chi connectivity index (χ2v) is 3.96. The molecule has 0 saturated heterocycles.